The highest BCUT2D eigenvalue weighted by molar-refractivity contribution is 5.66. The van der Waals surface area contributed by atoms with Crippen molar-refractivity contribution in [2.75, 3.05) is 6.61 Å². The van der Waals surface area contributed by atoms with Crippen molar-refractivity contribution in [1.82, 2.24) is 4.98 Å². The number of nitrogens with zero attached hydrogens (tertiary/aromatic N) is 1. The Morgan fingerprint density at radius 3 is 2.74 bits per heavy atom. The SMILES string of the molecule is CC(=O)OC(CCCO)CCCCc1ccccn1. The zero-order valence-electron chi connectivity index (χ0n) is 11.5. The lowest BCUT2D eigenvalue weighted by molar-refractivity contribution is -0.147. The summed E-state index contributed by atoms with van der Waals surface area (Å²) < 4.78 is 5.24. The van der Waals surface area contributed by atoms with Gasteiger partial charge >= 0.3 is 5.97 Å². The van der Waals surface area contributed by atoms with Crippen molar-refractivity contribution < 1.29 is 14.6 Å². The van der Waals surface area contributed by atoms with Crippen LogP contribution >= 0.6 is 0 Å². The van der Waals surface area contributed by atoms with Crippen molar-refractivity contribution in [3.05, 3.63) is 30.1 Å². The van der Waals surface area contributed by atoms with Gasteiger partial charge in [0.2, 0.25) is 0 Å². The van der Waals surface area contributed by atoms with Gasteiger partial charge in [-0.25, -0.2) is 0 Å². The number of aromatic nitrogens is 1. The molecule has 1 aromatic heterocycles. The molecule has 0 amide bonds. The molecular weight excluding hydrogens is 242 g/mol. The van der Waals surface area contributed by atoms with Crippen LogP contribution < -0.4 is 0 Å². The fourth-order valence-corrected chi connectivity index (χ4v) is 2.04. The van der Waals surface area contributed by atoms with E-state index < -0.39 is 0 Å². The van der Waals surface area contributed by atoms with Crippen LogP contribution in [0.1, 0.15) is 44.7 Å². The van der Waals surface area contributed by atoms with Crippen molar-refractivity contribution >= 4 is 5.97 Å². The Balaban J connectivity index is 2.21. The van der Waals surface area contributed by atoms with Crippen molar-refractivity contribution in [1.29, 1.82) is 0 Å². The maximum absolute atomic E-state index is 11.0. The number of pyridine rings is 1. The summed E-state index contributed by atoms with van der Waals surface area (Å²) in [6.07, 6.45) is 7.00. The molecule has 1 aromatic rings. The lowest BCUT2D eigenvalue weighted by Crippen LogP contribution is -2.17. The van der Waals surface area contributed by atoms with Crippen LogP contribution in [0.2, 0.25) is 0 Å². The highest BCUT2D eigenvalue weighted by Crippen LogP contribution is 2.13. The van der Waals surface area contributed by atoms with E-state index in [-0.39, 0.29) is 18.7 Å². The highest BCUT2D eigenvalue weighted by atomic mass is 16.5. The Morgan fingerprint density at radius 2 is 2.11 bits per heavy atom. The smallest absolute Gasteiger partial charge is 0.302 e. The first-order chi connectivity index (χ1) is 9.22. The number of ether oxygens (including phenoxy) is 1. The van der Waals surface area contributed by atoms with Crippen LogP contribution in [0.4, 0.5) is 0 Å². The molecule has 0 aliphatic carbocycles. The highest BCUT2D eigenvalue weighted by Gasteiger charge is 2.11. The number of rotatable bonds is 9. The molecule has 1 rings (SSSR count). The number of esters is 1. The molecule has 1 atom stereocenters. The Kier molecular flexibility index (Phi) is 7.82. The number of hydrogen-bond acceptors (Lipinski definition) is 4. The summed E-state index contributed by atoms with van der Waals surface area (Å²) in [6, 6.07) is 5.93. The van der Waals surface area contributed by atoms with Gasteiger partial charge in [-0.15, -0.1) is 0 Å². The molecule has 1 N–H and O–H groups in total. The van der Waals surface area contributed by atoms with Gasteiger partial charge in [0.15, 0.2) is 0 Å². The van der Waals surface area contributed by atoms with Crippen molar-refractivity contribution in [2.24, 2.45) is 0 Å². The minimum absolute atomic E-state index is 0.0617. The monoisotopic (exact) mass is 265 g/mol. The summed E-state index contributed by atoms with van der Waals surface area (Å²) in [4.78, 5) is 15.3. The zero-order chi connectivity index (χ0) is 13.9. The summed E-state index contributed by atoms with van der Waals surface area (Å²) in [7, 11) is 0. The second kappa shape index (κ2) is 9.50. The predicted molar refractivity (Wildman–Crippen MR) is 73.7 cm³/mol. The third kappa shape index (κ3) is 7.57. The second-order valence-corrected chi connectivity index (χ2v) is 4.66. The van der Waals surface area contributed by atoms with E-state index in [0.29, 0.717) is 6.42 Å². The largest absolute Gasteiger partial charge is 0.463 e. The van der Waals surface area contributed by atoms with Gasteiger partial charge in [-0.05, 0) is 50.7 Å². The quantitative estimate of drug-likeness (QED) is 0.550. The molecule has 106 valence electrons. The first kappa shape index (κ1) is 15.6. The second-order valence-electron chi connectivity index (χ2n) is 4.66. The number of hydrogen-bond donors (Lipinski definition) is 1. The number of carbonyl (C=O) groups is 1. The molecule has 4 nitrogen and oxygen atoms in total. The van der Waals surface area contributed by atoms with Gasteiger partial charge in [0, 0.05) is 25.4 Å². The van der Waals surface area contributed by atoms with Crippen LogP contribution in [-0.2, 0) is 16.0 Å². The van der Waals surface area contributed by atoms with E-state index in [9.17, 15) is 4.79 Å². The lowest BCUT2D eigenvalue weighted by Gasteiger charge is -2.16. The van der Waals surface area contributed by atoms with Crippen molar-refractivity contribution in [2.45, 2.75) is 51.6 Å². The summed E-state index contributed by atoms with van der Waals surface area (Å²) in [5.74, 6) is -0.243. The molecule has 0 spiro atoms. The molecule has 0 aliphatic rings. The normalized spacial score (nSPS) is 12.1. The van der Waals surface area contributed by atoms with E-state index in [4.69, 9.17) is 9.84 Å². The Hall–Kier alpha value is -1.42. The summed E-state index contributed by atoms with van der Waals surface area (Å²) in [5.41, 5.74) is 1.10. The van der Waals surface area contributed by atoms with E-state index in [2.05, 4.69) is 4.98 Å². The van der Waals surface area contributed by atoms with Crippen LogP contribution in [0.3, 0.4) is 0 Å². The lowest BCUT2D eigenvalue weighted by atomic mass is 10.1. The van der Waals surface area contributed by atoms with Crippen LogP contribution in [0.5, 0.6) is 0 Å². The number of aryl methyl sites for hydroxylation is 1. The maximum Gasteiger partial charge on any atom is 0.302 e. The van der Waals surface area contributed by atoms with Crippen LogP contribution in [0.15, 0.2) is 24.4 Å². The zero-order valence-corrected chi connectivity index (χ0v) is 11.5. The van der Waals surface area contributed by atoms with Gasteiger partial charge in [0.25, 0.3) is 0 Å². The van der Waals surface area contributed by atoms with E-state index in [1.54, 1.807) is 6.20 Å². The molecule has 1 unspecified atom stereocenters. The first-order valence-corrected chi connectivity index (χ1v) is 6.90. The van der Waals surface area contributed by atoms with Crippen LogP contribution in [0.25, 0.3) is 0 Å². The number of unbranched alkanes of at least 4 members (excludes halogenated alkanes) is 1. The Morgan fingerprint density at radius 1 is 1.32 bits per heavy atom. The minimum atomic E-state index is -0.243. The summed E-state index contributed by atoms with van der Waals surface area (Å²) >= 11 is 0. The topological polar surface area (TPSA) is 59.4 Å². The Bertz CT molecular complexity index is 354. The van der Waals surface area contributed by atoms with Gasteiger partial charge in [0.1, 0.15) is 6.10 Å². The van der Waals surface area contributed by atoms with Crippen molar-refractivity contribution in [3.63, 3.8) is 0 Å². The van der Waals surface area contributed by atoms with E-state index in [1.165, 1.54) is 6.92 Å². The molecule has 0 saturated carbocycles. The fraction of sp³-hybridized carbons (Fsp3) is 0.600. The molecule has 0 bridgehead atoms. The molecule has 1 heterocycles. The molecule has 0 fully saturated rings. The average Bonchev–Trinajstić information content (AvgIpc) is 2.41. The fourth-order valence-electron chi connectivity index (χ4n) is 2.04. The Labute approximate surface area is 114 Å². The van der Waals surface area contributed by atoms with Gasteiger partial charge in [-0.2, -0.15) is 0 Å². The van der Waals surface area contributed by atoms with Crippen LogP contribution in [-0.4, -0.2) is 28.8 Å². The van der Waals surface area contributed by atoms with Crippen LogP contribution in [0, 0.1) is 0 Å². The summed E-state index contributed by atoms with van der Waals surface area (Å²) in [5, 5.41) is 8.82. The third-order valence-corrected chi connectivity index (χ3v) is 2.95. The van der Waals surface area contributed by atoms with E-state index >= 15 is 0 Å². The minimum Gasteiger partial charge on any atom is -0.463 e. The molecule has 4 heteroatoms. The average molecular weight is 265 g/mol. The molecule has 0 saturated heterocycles. The van der Waals surface area contributed by atoms with E-state index in [0.717, 1.165) is 37.8 Å². The van der Waals surface area contributed by atoms with E-state index in [1.807, 2.05) is 18.2 Å². The standard InChI is InChI=1S/C15H23NO3/c1-13(18)19-15(10-6-12-17)9-3-2-7-14-8-4-5-11-16-14/h4-5,8,11,15,17H,2-3,6-7,9-10,12H2,1H3. The molecular formula is C15H23NO3. The number of aliphatic hydroxyl groups excluding tert-OH is 1. The molecule has 0 radical (unpaired) electrons. The van der Waals surface area contributed by atoms with Gasteiger partial charge in [-0.3, -0.25) is 9.78 Å². The van der Waals surface area contributed by atoms with Gasteiger partial charge < -0.3 is 9.84 Å². The summed E-state index contributed by atoms with van der Waals surface area (Å²) in [6.45, 7) is 1.57. The predicted octanol–water partition coefficient (Wildman–Crippen LogP) is 2.50. The van der Waals surface area contributed by atoms with Gasteiger partial charge in [0.05, 0.1) is 0 Å². The number of carbonyl (C=O) groups excluding carboxylic acids is 1. The maximum atomic E-state index is 11.0. The number of aliphatic hydroxyl groups is 1. The van der Waals surface area contributed by atoms with Crippen molar-refractivity contribution in [3.8, 4) is 0 Å². The molecule has 0 aromatic carbocycles. The third-order valence-electron chi connectivity index (χ3n) is 2.95. The first-order valence-electron chi connectivity index (χ1n) is 6.90. The van der Waals surface area contributed by atoms with Gasteiger partial charge in [-0.1, -0.05) is 6.07 Å². The molecule has 19 heavy (non-hydrogen) atoms. The molecule has 0 aliphatic heterocycles.